The highest BCUT2D eigenvalue weighted by atomic mass is 79.9. The molecule has 0 atom stereocenters. The van der Waals surface area contributed by atoms with Gasteiger partial charge < -0.3 is 15.2 Å². The number of benzene rings is 1. The van der Waals surface area contributed by atoms with Gasteiger partial charge in [0, 0.05) is 17.8 Å². The number of aliphatic carboxylic acids is 1. The van der Waals surface area contributed by atoms with Gasteiger partial charge in [-0.2, -0.15) is 0 Å². The van der Waals surface area contributed by atoms with Crippen molar-refractivity contribution in [1.82, 2.24) is 0 Å². The number of amides is 1. The number of hydrogen-bond acceptors (Lipinski definition) is 3. The molecule has 0 aliphatic heterocycles. The molecule has 0 bridgehead atoms. The van der Waals surface area contributed by atoms with Gasteiger partial charge in [-0.25, -0.2) is 4.79 Å². The van der Waals surface area contributed by atoms with Crippen LogP contribution in [-0.4, -0.2) is 23.3 Å². The van der Waals surface area contributed by atoms with E-state index >= 15 is 0 Å². The normalized spacial score (nSPS) is 11.4. The summed E-state index contributed by atoms with van der Waals surface area (Å²) in [6, 6.07) is 3.38. The molecular weight excluding hydrogens is 347 g/mol. The Kier molecular flexibility index (Phi) is 5.14. The van der Waals surface area contributed by atoms with Crippen molar-refractivity contribution in [2.24, 2.45) is 0 Å². The predicted octanol–water partition coefficient (Wildman–Crippen LogP) is 2.93. The van der Waals surface area contributed by atoms with Crippen molar-refractivity contribution in [1.29, 1.82) is 0 Å². The lowest BCUT2D eigenvalue weighted by atomic mass is 10.3. The fraction of sp³-hybridized carbons (Fsp3) is 0.0909. The third-order valence-electron chi connectivity index (χ3n) is 1.80. The van der Waals surface area contributed by atoms with Crippen LogP contribution >= 0.6 is 15.9 Å². The first-order valence-electron chi connectivity index (χ1n) is 4.94. The van der Waals surface area contributed by atoms with Crippen LogP contribution in [0.5, 0.6) is 5.75 Å². The van der Waals surface area contributed by atoms with E-state index in [0.29, 0.717) is 6.08 Å². The maximum Gasteiger partial charge on any atom is 0.573 e. The SMILES string of the molecule is O=C(O)/C=C/C(=O)Nc1ccc(OC(F)(F)F)c(Br)c1. The minimum Gasteiger partial charge on any atom is -0.478 e. The number of nitrogens with one attached hydrogen (secondary N) is 1. The van der Waals surface area contributed by atoms with Crippen molar-refractivity contribution < 1.29 is 32.6 Å². The van der Waals surface area contributed by atoms with E-state index in [0.717, 1.165) is 12.1 Å². The molecule has 1 aromatic rings. The number of anilines is 1. The summed E-state index contributed by atoms with van der Waals surface area (Å²) in [5, 5.41) is 10.6. The van der Waals surface area contributed by atoms with Crippen LogP contribution in [0.25, 0.3) is 0 Å². The smallest absolute Gasteiger partial charge is 0.478 e. The number of carboxylic acids is 1. The molecule has 0 spiro atoms. The third-order valence-corrected chi connectivity index (χ3v) is 2.42. The van der Waals surface area contributed by atoms with Gasteiger partial charge in [-0.05, 0) is 34.1 Å². The van der Waals surface area contributed by atoms with Crippen molar-refractivity contribution in [2.45, 2.75) is 6.36 Å². The van der Waals surface area contributed by atoms with Crippen molar-refractivity contribution >= 4 is 33.5 Å². The van der Waals surface area contributed by atoms with E-state index in [4.69, 9.17) is 5.11 Å². The lowest BCUT2D eigenvalue weighted by Crippen LogP contribution is -2.17. The molecule has 0 saturated heterocycles. The lowest BCUT2D eigenvalue weighted by Gasteiger charge is -2.11. The quantitative estimate of drug-likeness (QED) is 0.816. The van der Waals surface area contributed by atoms with Crippen LogP contribution in [0.2, 0.25) is 0 Å². The number of alkyl halides is 3. The van der Waals surface area contributed by atoms with Crippen molar-refractivity contribution in [3.63, 3.8) is 0 Å². The summed E-state index contributed by atoms with van der Waals surface area (Å²) in [6.45, 7) is 0. The summed E-state index contributed by atoms with van der Waals surface area (Å²) in [7, 11) is 0. The molecular formula is C11H7BrF3NO4. The molecule has 108 valence electrons. The van der Waals surface area contributed by atoms with Crippen LogP contribution < -0.4 is 10.1 Å². The molecule has 0 aliphatic carbocycles. The third kappa shape index (κ3) is 5.74. The van der Waals surface area contributed by atoms with Gasteiger partial charge in [0.15, 0.2) is 0 Å². The molecule has 20 heavy (non-hydrogen) atoms. The fourth-order valence-electron chi connectivity index (χ4n) is 1.12. The van der Waals surface area contributed by atoms with Crippen molar-refractivity contribution in [3.8, 4) is 5.75 Å². The maximum atomic E-state index is 12.0. The molecule has 5 nitrogen and oxygen atoms in total. The molecule has 0 fully saturated rings. The van der Waals surface area contributed by atoms with E-state index < -0.39 is 24.0 Å². The number of hydrogen-bond donors (Lipinski definition) is 2. The Morgan fingerprint density at radius 3 is 2.45 bits per heavy atom. The summed E-state index contributed by atoms with van der Waals surface area (Å²) in [6.07, 6.45) is -3.42. The number of carboxylic acid groups (broad SMARTS) is 1. The van der Waals surface area contributed by atoms with E-state index in [1.807, 2.05) is 0 Å². The Labute approximate surface area is 119 Å². The Bertz CT molecular complexity index is 557. The van der Waals surface area contributed by atoms with Gasteiger partial charge >= 0.3 is 12.3 Å². The van der Waals surface area contributed by atoms with Crippen molar-refractivity contribution in [2.75, 3.05) is 5.32 Å². The zero-order chi connectivity index (χ0) is 15.3. The second kappa shape index (κ2) is 6.42. The van der Waals surface area contributed by atoms with Gasteiger partial charge in [0.05, 0.1) is 4.47 Å². The molecule has 0 aliphatic rings. The fourth-order valence-corrected chi connectivity index (χ4v) is 1.58. The van der Waals surface area contributed by atoms with Gasteiger partial charge in [-0.1, -0.05) is 0 Å². The number of carbonyl (C=O) groups is 2. The Balaban J connectivity index is 2.77. The van der Waals surface area contributed by atoms with Gasteiger partial charge in [0.25, 0.3) is 0 Å². The minimum absolute atomic E-state index is 0.0187. The zero-order valence-corrected chi connectivity index (χ0v) is 11.2. The summed E-state index contributed by atoms with van der Waals surface area (Å²) >= 11 is 2.86. The molecule has 0 unspecified atom stereocenters. The number of rotatable bonds is 4. The highest BCUT2D eigenvalue weighted by molar-refractivity contribution is 9.10. The Hall–Kier alpha value is -2.03. The van der Waals surface area contributed by atoms with E-state index in [1.54, 1.807) is 0 Å². The Morgan fingerprint density at radius 2 is 1.95 bits per heavy atom. The minimum atomic E-state index is -4.82. The lowest BCUT2D eigenvalue weighted by molar-refractivity contribution is -0.274. The highest BCUT2D eigenvalue weighted by Gasteiger charge is 2.31. The molecule has 0 heterocycles. The average molecular weight is 354 g/mol. The molecule has 0 saturated carbocycles. The second-order valence-corrected chi connectivity index (χ2v) is 4.21. The molecule has 0 aromatic heterocycles. The van der Waals surface area contributed by atoms with Gasteiger partial charge in [0.1, 0.15) is 5.75 Å². The van der Waals surface area contributed by atoms with Crippen LogP contribution in [0.3, 0.4) is 0 Å². The average Bonchev–Trinajstić information content (AvgIpc) is 2.28. The largest absolute Gasteiger partial charge is 0.573 e. The maximum absolute atomic E-state index is 12.0. The van der Waals surface area contributed by atoms with Crippen LogP contribution in [0.15, 0.2) is 34.8 Å². The van der Waals surface area contributed by atoms with Crippen LogP contribution in [-0.2, 0) is 9.59 Å². The summed E-state index contributed by atoms with van der Waals surface area (Å²) in [5.74, 6) is -2.49. The summed E-state index contributed by atoms with van der Waals surface area (Å²) < 4.78 is 39.8. The number of halogens is 4. The molecule has 1 aromatic carbocycles. The highest BCUT2D eigenvalue weighted by Crippen LogP contribution is 2.32. The number of ether oxygens (including phenoxy) is 1. The predicted molar refractivity (Wildman–Crippen MR) is 66.2 cm³/mol. The van der Waals surface area contributed by atoms with Crippen LogP contribution in [0.4, 0.5) is 18.9 Å². The number of carbonyl (C=O) groups excluding carboxylic acids is 1. The van der Waals surface area contributed by atoms with Gasteiger partial charge in [0.2, 0.25) is 5.91 Å². The van der Waals surface area contributed by atoms with Gasteiger partial charge in [-0.15, -0.1) is 13.2 Å². The van der Waals surface area contributed by atoms with E-state index in [-0.39, 0.29) is 10.2 Å². The molecule has 9 heteroatoms. The monoisotopic (exact) mass is 353 g/mol. The first-order valence-corrected chi connectivity index (χ1v) is 5.74. The first kappa shape index (κ1) is 16.0. The Morgan fingerprint density at radius 1 is 1.30 bits per heavy atom. The molecule has 1 rings (SSSR count). The topological polar surface area (TPSA) is 75.6 Å². The van der Waals surface area contributed by atoms with Gasteiger partial charge in [-0.3, -0.25) is 4.79 Å². The molecule has 2 N–H and O–H groups in total. The van der Waals surface area contributed by atoms with Crippen LogP contribution in [0, 0.1) is 0 Å². The molecule has 1 amide bonds. The van der Waals surface area contributed by atoms with Crippen molar-refractivity contribution in [3.05, 3.63) is 34.8 Å². The summed E-state index contributed by atoms with van der Waals surface area (Å²) in [4.78, 5) is 21.4. The zero-order valence-electron chi connectivity index (χ0n) is 9.57. The van der Waals surface area contributed by atoms with E-state index in [9.17, 15) is 22.8 Å². The second-order valence-electron chi connectivity index (χ2n) is 3.35. The van der Waals surface area contributed by atoms with Crippen LogP contribution in [0.1, 0.15) is 0 Å². The first-order chi connectivity index (χ1) is 9.17. The standard InChI is InChI=1S/C11H7BrF3NO4/c12-7-5-6(16-9(17)3-4-10(18)19)1-2-8(7)20-11(13,14)15/h1-5H,(H,16,17)(H,18,19)/b4-3+. The summed E-state index contributed by atoms with van der Waals surface area (Å²) in [5.41, 5.74) is 0.173. The van der Waals surface area contributed by atoms with E-state index in [1.165, 1.54) is 12.1 Å². The molecule has 0 radical (unpaired) electrons. The van der Waals surface area contributed by atoms with E-state index in [2.05, 4.69) is 26.0 Å².